The number of halogens is 1. The molecule has 0 saturated carbocycles. The quantitative estimate of drug-likeness (QED) is 0.882. The molecule has 2 rings (SSSR count). The molecule has 0 spiro atoms. The normalized spacial score (nSPS) is 10.2. The zero-order valence-electron chi connectivity index (χ0n) is 10.1. The molecule has 1 aromatic carbocycles. The maximum Gasteiger partial charge on any atom is 0.227 e. The highest BCUT2D eigenvalue weighted by atomic mass is 79.9. The Morgan fingerprint density at radius 1 is 1.28 bits per heavy atom. The second-order valence-corrected chi connectivity index (χ2v) is 4.81. The van der Waals surface area contributed by atoms with E-state index < -0.39 is 0 Å². The summed E-state index contributed by atoms with van der Waals surface area (Å²) in [6, 6.07) is 5.46. The second kappa shape index (κ2) is 5.27. The number of carbonyl (C=O) groups excluding carboxylic acids is 1. The van der Waals surface area contributed by atoms with E-state index >= 15 is 0 Å². The van der Waals surface area contributed by atoms with Crippen molar-refractivity contribution in [2.45, 2.75) is 13.8 Å². The average Bonchev–Trinajstić information content (AvgIpc) is 2.34. The van der Waals surface area contributed by atoms with Crippen LogP contribution in [0.5, 0.6) is 0 Å². The van der Waals surface area contributed by atoms with Gasteiger partial charge in [-0.25, -0.2) is 9.97 Å². The molecule has 18 heavy (non-hydrogen) atoms. The van der Waals surface area contributed by atoms with Crippen LogP contribution < -0.4 is 5.32 Å². The number of carbonyl (C=O) groups is 1. The Labute approximate surface area is 114 Å². The van der Waals surface area contributed by atoms with Crippen LogP contribution >= 0.6 is 15.9 Å². The predicted molar refractivity (Wildman–Crippen MR) is 74.2 cm³/mol. The molecule has 4 nitrogen and oxygen atoms in total. The Morgan fingerprint density at radius 3 is 2.56 bits per heavy atom. The number of Topliss-reactive ketones (excluding diaryl/α,β-unsaturated/α-hetero) is 1. The van der Waals surface area contributed by atoms with Crippen LogP contribution in [0, 0.1) is 6.92 Å². The first-order chi connectivity index (χ1) is 8.56. The van der Waals surface area contributed by atoms with Crippen molar-refractivity contribution in [1.29, 1.82) is 0 Å². The molecule has 5 heteroatoms. The lowest BCUT2D eigenvalue weighted by Gasteiger charge is -2.07. The lowest BCUT2D eigenvalue weighted by atomic mass is 10.1. The van der Waals surface area contributed by atoms with Crippen LogP contribution in [0.2, 0.25) is 0 Å². The molecule has 1 aromatic heterocycles. The minimum absolute atomic E-state index is 0.00958. The molecule has 2 aromatic rings. The summed E-state index contributed by atoms with van der Waals surface area (Å²) in [5, 5.41) is 3.06. The van der Waals surface area contributed by atoms with Crippen molar-refractivity contribution in [1.82, 2.24) is 9.97 Å². The van der Waals surface area contributed by atoms with E-state index in [1.54, 1.807) is 18.5 Å². The lowest BCUT2D eigenvalue weighted by molar-refractivity contribution is 0.101. The van der Waals surface area contributed by atoms with Crippen LogP contribution in [0.1, 0.15) is 22.8 Å². The number of aryl methyl sites for hydroxylation is 1. The number of benzene rings is 1. The molecule has 0 saturated heterocycles. The highest BCUT2D eigenvalue weighted by molar-refractivity contribution is 9.10. The molecule has 0 fully saturated rings. The van der Waals surface area contributed by atoms with Gasteiger partial charge >= 0.3 is 0 Å². The van der Waals surface area contributed by atoms with Crippen molar-refractivity contribution in [2.24, 2.45) is 0 Å². The van der Waals surface area contributed by atoms with Gasteiger partial charge in [0.1, 0.15) is 0 Å². The maximum absolute atomic E-state index is 11.4. The fourth-order valence-electron chi connectivity index (χ4n) is 1.46. The van der Waals surface area contributed by atoms with Gasteiger partial charge in [0.05, 0.1) is 0 Å². The third-order valence-corrected chi connectivity index (χ3v) is 3.07. The Hall–Kier alpha value is -1.75. The van der Waals surface area contributed by atoms with Crippen LogP contribution in [0.4, 0.5) is 11.6 Å². The molecule has 0 radical (unpaired) electrons. The van der Waals surface area contributed by atoms with Crippen molar-refractivity contribution in [3.05, 3.63) is 46.2 Å². The molecular formula is C13H12BrN3O. The number of anilines is 2. The average molecular weight is 306 g/mol. The molecule has 0 unspecified atom stereocenters. The van der Waals surface area contributed by atoms with E-state index in [2.05, 4.69) is 31.2 Å². The number of hydrogen-bond acceptors (Lipinski definition) is 4. The van der Waals surface area contributed by atoms with Crippen LogP contribution in [0.25, 0.3) is 0 Å². The van der Waals surface area contributed by atoms with E-state index in [9.17, 15) is 4.79 Å². The first-order valence-electron chi connectivity index (χ1n) is 5.42. The second-order valence-electron chi connectivity index (χ2n) is 3.96. The molecule has 0 aliphatic carbocycles. The molecule has 0 amide bonds. The third kappa shape index (κ3) is 2.92. The summed E-state index contributed by atoms with van der Waals surface area (Å²) < 4.78 is 0.783. The summed E-state index contributed by atoms with van der Waals surface area (Å²) in [6.45, 7) is 3.46. The number of aromatic nitrogens is 2. The fraction of sp³-hybridized carbons (Fsp3) is 0.154. The van der Waals surface area contributed by atoms with E-state index in [0.29, 0.717) is 11.5 Å². The van der Waals surface area contributed by atoms with E-state index in [4.69, 9.17) is 0 Å². The molecular weight excluding hydrogens is 294 g/mol. The largest absolute Gasteiger partial charge is 0.324 e. The zero-order chi connectivity index (χ0) is 13.1. The first kappa shape index (κ1) is 12.7. The number of hydrogen-bond donors (Lipinski definition) is 1. The number of nitrogens with one attached hydrogen (secondary N) is 1. The van der Waals surface area contributed by atoms with Crippen molar-refractivity contribution < 1.29 is 4.79 Å². The Bertz CT molecular complexity index is 581. The monoisotopic (exact) mass is 305 g/mol. The fourth-order valence-corrected chi connectivity index (χ4v) is 1.98. The summed E-state index contributed by atoms with van der Waals surface area (Å²) in [5.74, 6) is 0.521. The minimum atomic E-state index is 0.00958. The predicted octanol–water partition coefficient (Wildman–Crippen LogP) is 3.49. The van der Waals surface area contributed by atoms with E-state index in [1.165, 1.54) is 6.92 Å². The Kier molecular flexibility index (Phi) is 3.72. The Balaban J connectivity index is 2.27. The summed E-state index contributed by atoms with van der Waals surface area (Å²) in [7, 11) is 0. The van der Waals surface area contributed by atoms with Crippen molar-refractivity contribution in [2.75, 3.05) is 5.32 Å². The Morgan fingerprint density at radius 2 is 1.94 bits per heavy atom. The van der Waals surface area contributed by atoms with Gasteiger partial charge in [-0.2, -0.15) is 0 Å². The van der Waals surface area contributed by atoms with Crippen LogP contribution in [0.3, 0.4) is 0 Å². The molecule has 0 atom stereocenters. The number of nitrogens with zero attached hydrogens (tertiary/aromatic N) is 2. The summed E-state index contributed by atoms with van der Waals surface area (Å²) in [6.07, 6.45) is 3.47. The SMILES string of the molecule is CC(=O)c1cc(Nc2ncc(C)cn2)ccc1Br. The van der Waals surface area contributed by atoms with Crippen molar-refractivity contribution in [3.63, 3.8) is 0 Å². The maximum atomic E-state index is 11.4. The van der Waals surface area contributed by atoms with Crippen molar-refractivity contribution >= 4 is 33.3 Å². The first-order valence-corrected chi connectivity index (χ1v) is 6.22. The van der Waals surface area contributed by atoms with Gasteiger partial charge < -0.3 is 5.32 Å². The number of ketones is 1. The van der Waals surface area contributed by atoms with Gasteiger partial charge in [0.25, 0.3) is 0 Å². The molecule has 1 N–H and O–H groups in total. The highest BCUT2D eigenvalue weighted by Crippen LogP contribution is 2.23. The number of rotatable bonds is 3. The topological polar surface area (TPSA) is 54.9 Å². The molecule has 1 heterocycles. The van der Waals surface area contributed by atoms with E-state index in [-0.39, 0.29) is 5.78 Å². The van der Waals surface area contributed by atoms with Gasteiger partial charge in [0.2, 0.25) is 5.95 Å². The van der Waals surface area contributed by atoms with Crippen LogP contribution in [-0.2, 0) is 0 Å². The van der Waals surface area contributed by atoms with Crippen LogP contribution in [-0.4, -0.2) is 15.8 Å². The van der Waals surface area contributed by atoms with E-state index in [1.807, 2.05) is 19.1 Å². The highest BCUT2D eigenvalue weighted by Gasteiger charge is 2.06. The van der Waals surface area contributed by atoms with Gasteiger partial charge in [-0.15, -0.1) is 0 Å². The minimum Gasteiger partial charge on any atom is -0.324 e. The molecule has 0 aliphatic rings. The molecule has 0 bridgehead atoms. The van der Waals surface area contributed by atoms with Gasteiger partial charge in [0, 0.05) is 28.1 Å². The molecule has 92 valence electrons. The summed E-state index contributed by atoms with van der Waals surface area (Å²) in [5.41, 5.74) is 2.42. The molecule has 0 aliphatic heterocycles. The van der Waals surface area contributed by atoms with Crippen LogP contribution in [0.15, 0.2) is 35.1 Å². The lowest BCUT2D eigenvalue weighted by Crippen LogP contribution is -1.99. The summed E-state index contributed by atoms with van der Waals surface area (Å²) >= 11 is 3.35. The van der Waals surface area contributed by atoms with Gasteiger partial charge in [-0.3, -0.25) is 4.79 Å². The zero-order valence-corrected chi connectivity index (χ0v) is 11.7. The summed E-state index contributed by atoms with van der Waals surface area (Å²) in [4.78, 5) is 19.7. The van der Waals surface area contributed by atoms with Gasteiger partial charge in [-0.05, 0) is 37.6 Å². The third-order valence-electron chi connectivity index (χ3n) is 2.38. The van der Waals surface area contributed by atoms with E-state index in [0.717, 1.165) is 15.7 Å². The van der Waals surface area contributed by atoms with Gasteiger partial charge in [-0.1, -0.05) is 15.9 Å². The standard InChI is InChI=1S/C13H12BrN3O/c1-8-6-15-13(16-7-8)17-10-3-4-12(14)11(5-10)9(2)18/h3-7H,1-2H3,(H,15,16,17). The van der Waals surface area contributed by atoms with Crippen molar-refractivity contribution in [3.8, 4) is 0 Å². The smallest absolute Gasteiger partial charge is 0.227 e. The van der Waals surface area contributed by atoms with Gasteiger partial charge in [0.15, 0.2) is 5.78 Å².